The average molecular weight is 554 g/mol. The van der Waals surface area contributed by atoms with Gasteiger partial charge in [-0.3, -0.25) is 29.3 Å². The molecule has 37 heavy (non-hydrogen) atoms. The first kappa shape index (κ1) is 32.8. The normalized spacial score (nSPS) is 9.24. The maximum atomic E-state index is 11.3. The van der Waals surface area contributed by atoms with E-state index >= 15 is 0 Å². The van der Waals surface area contributed by atoms with E-state index in [1.54, 1.807) is 42.3 Å². The first-order valence-electron chi connectivity index (χ1n) is 10.4. The molecule has 3 N–H and O–H groups in total. The monoisotopic (exact) mass is 554 g/mol. The van der Waals surface area contributed by atoms with Crippen molar-refractivity contribution in [1.29, 1.82) is 0 Å². The number of carbonyl (C=O) groups excluding carboxylic acids is 3. The summed E-state index contributed by atoms with van der Waals surface area (Å²) in [5.74, 6) is -0.941. The predicted molar refractivity (Wildman–Crippen MR) is 132 cm³/mol. The summed E-state index contributed by atoms with van der Waals surface area (Å²) < 4.78 is 0. The molecule has 0 aromatic carbocycles. The van der Waals surface area contributed by atoms with Crippen molar-refractivity contribution in [2.24, 2.45) is 0 Å². The summed E-state index contributed by atoms with van der Waals surface area (Å²) in [4.78, 5) is 49.1. The van der Waals surface area contributed by atoms with E-state index in [-0.39, 0.29) is 68.7 Å². The summed E-state index contributed by atoms with van der Waals surface area (Å²) in [5.41, 5.74) is 0.819. The SMILES string of the molecule is CN(C)C(=O)c1ccncc1O.CN(C)C(=O)c1ccncc1O.CN(C)C(=O)c1ccncc1O.[Fe+3]. The van der Waals surface area contributed by atoms with Crippen LogP contribution < -0.4 is 0 Å². The van der Waals surface area contributed by atoms with E-state index in [2.05, 4.69) is 15.0 Å². The fourth-order valence-electron chi connectivity index (χ4n) is 2.42. The van der Waals surface area contributed by atoms with E-state index in [4.69, 9.17) is 0 Å². The van der Waals surface area contributed by atoms with Crippen molar-refractivity contribution in [3.05, 3.63) is 72.1 Å². The summed E-state index contributed by atoms with van der Waals surface area (Å²) in [6, 6.07) is 4.45. The van der Waals surface area contributed by atoms with Gasteiger partial charge >= 0.3 is 17.1 Å². The van der Waals surface area contributed by atoms with Crippen molar-refractivity contribution in [2.75, 3.05) is 42.3 Å². The Balaban J connectivity index is 0.000000518. The van der Waals surface area contributed by atoms with E-state index in [1.807, 2.05) is 0 Å². The number of aromatic hydroxyl groups is 3. The molecule has 0 bridgehead atoms. The van der Waals surface area contributed by atoms with E-state index in [1.165, 1.54) is 70.1 Å². The summed E-state index contributed by atoms with van der Waals surface area (Å²) in [6.07, 6.45) is 8.15. The number of nitrogens with zero attached hydrogens (tertiary/aromatic N) is 6. The molecule has 13 heteroatoms. The van der Waals surface area contributed by atoms with Gasteiger partial charge in [-0.25, -0.2) is 0 Å². The molecule has 0 atom stereocenters. The molecule has 3 heterocycles. The zero-order valence-corrected chi connectivity index (χ0v) is 22.4. The number of carbonyl (C=O) groups is 3. The van der Waals surface area contributed by atoms with Crippen molar-refractivity contribution in [1.82, 2.24) is 29.7 Å². The maximum Gasteiger partial charge on any atom is 3.00 e. The Labute approximate surface area is 225 Å². The molecule has 0 saturated carbocycles. The minimum absolute atomic E-state index is 0. The Hall–Kier alpha value is -4.22. The molecule has 0 aliphatic rings. The van der Waals surface area contributed by atoms with Crippen molar-refractivity contribution < 1.29 is 46.8 Å². The first-order valence-corrected chi connectivity index (χ1v) is 10.4. The molecule has 3 rings (SSSR count). The Bertz CT molecular complexity index is 1040. The van der Waals surface area contributed by atoms with Crippen LogP contribution >= 0.6 is 0 Å². The smallest absolute Gasteiger partial charge is 0.505 e. The van der Waals surface area contributed by atoms with Crippen molar-refractivity contribution in [3.8, 4) is 17.2 Å². The van der Waals surface area contributed by atoms with Gasteiger partial charge in [-0.05, 0) is 18.2 Å². The zero-order chi connectivity index (χ0) is 27.4. The van der Waals surface area contributed by atoms with Crippen LogP contribution in [0.1, 0.15) is 31.1 Å². The Morgan fingerprint density at radius 2 is 0.757 bits per heavy atom. The summed E-state index contributed by atoms with van der Waals surface area (Å²) in [5, 5.41) is 27.7. The quantitative estimate of drug-likeness (QED) is 0.408. The molecular formula is C24H30FeN6O6+3. The molecule has 197 valence electrons. The third kappa shape index (κ3) is 10.1. The molecule has 0 aliphatic carbocycles. The van der Waals surface area contributed by atoms with Crippen LogP contribution in [0.15, 0.2) is 55.4 Å². The van der Waals surface area contributed by atoms with Gasteiger partial charge in [0.15, 0.2) is 0 Å². The second-order valence-electron chi connectivity index (χ2n) is 7.78. The van der Waals surface area contributed by atoms with Crippen molar-refractivity contribution in [2.45, 2.75) is 0 Å². The van der Waals surface area contributed by atoms with Gasteiger partial charge in [0.25, 0.3) is 17.7 Å². The van der Waals surface area contributed by atoms with E-state index in [9.17, 15) is 29.7 Å². The predicted octanol–water partition coefficient (Wildman–Crippen LogP) is 1.46. The maximum absolute atomic E-state index is 11.3. The van der Waals surface area contributed by atoms with Gasteiger partial charge in [-0.2, -0.15) is 0 Å². The molecule has 0 aliphatic heterocycles. The van der Waals surface area contributed by atoms with Gasteiger partial charge < -0.3 is 30.0 Å². The standard InChI is InChI=1S/3C8H10N2O2.Fe/c3*1-10(2)8(12)6-3-4-9-5-7(6)11;/h3*3-5,11H,1-2H3;/q;;;+3. The molecule has 3 amide bonds. The number of rotatable bonds is 3. The van der Waals surface area contributed by atoms with Crippen LogP contribution in [0.5, 0.6) is 17.2 Å². The van der Waals surface area contributed by atoms with Gasteiger partial charge in [-0.15, -0.1) is 0 Å². The fraction of sp³-hybridized carbons (Fsp3) is 0.250. The number of aromatic nitrogens is 3. The molecule has 0 fully saturated rings. The van der Waals surface area contributed by atoms with E-state index in [0.29, 0.717) is 0 Å². The van der Waals surface area contributed by atoms with E-state index in [0.717, 1.165) is 0 Å². The second-order valence-corrected chi connectivity index (χ2v) is 7.78. The number of pyridine rings is 3. The molecule has 12 nitrogen and oxygen atoms in total. The molecule has 1 radical (unpaired) electrons. The number of hydrogen-bond donors (Lipinski definition) is 3. The van der Waals surface area contributed by atoms with Crippen LogP contribution in [0.4, 0.5) is 0 Å². The number of amides is 3. The zero-order valence-electron chi connectivity index (χ0n) is 21.3. The molecular weight excluding hydrogens is 524 g/mol. The van der Waals surface area contributed by atoms with Crippen molar-refractivity contribution >= 4 is 17.7 Å². The Morgan fingerprint density at radius 3 is 0.919 bits per heavy atom. The molecule has 0 unspecified atom stereocenters. The van der Waals surface area contributed by atoms with Crippen LogP contribution in [-0.4, -0.2) is 105 Å². The summed E-state index contributed by atoms with van der Waals surface area (Å²) >= 11 is 0. The van der Waals surface area contributed by atoms with E-state index < -0.39 is 0 Å². The topological polar surface area (TPSA) is 160 Å². The second kappa shape index (κ2) is 15.7. The average Bonchev–Trinajstić information content (AvgIpc) is 2.84. The third-order valence-corrected chi connectivity index (χ3v) is 4.31. The van der Waals surface area contributed by atoms with Crippen LogP contribution in [0.3, 0.4) is 0 Å². The van der Waals surface area contributed by atoms with Gasteiger partial charge in [0.2, 0.25) is 0 Å². The van der Waals surface area contributed by atoms with Crippen molar-refractivity contribution in [3.63, 3.8) is 0 Å². The molecule has 0 spiro atoms. The van der Waals surface area contributed by atoms with Gasteiger partial charge in [-0.1, -0.05) is 0 Å². The van der Waals surface area contributed by atoms with Crippen LogP contribution in [-0.2, 0) is 17.1 Å². The minimum atomic E-state index is -0.227. The molecule has 3 aromatic rings. The third-order valence-electron chi connectivity index (χ3n) is 4.31. The van der Waals surface area contributed by atoms with Crippen LogP contribution in [0.2, 0.25) is 0 Å². The van der Waals surface area contributed by atoms with Gasteiger partial charge in [0, 0.05) is 60.9 Å². The minimum Gasteiger partial charge on any atom is -0.505 e. The Morgan fingerprint density at radius 1 is 0.541 bits per heavy atom. The van der Waals surface area contributed by atoms with Crippen LogP contribution in [0.25, 0.3) is 0 Å². The Kier molecular flexibility index (Phi) is 13.9. The molecule has 0 saturated heterocycles. The first-order chi connectivity index (χ1) is 16.9. The van der Waals surface area contributed by atoms with Gasteiger partial charge in [0.1, 0.15) is 17.2 Å². The van der Waals surface area contributed by atoms with Gasteiger partial charge in [0.05, 0.1) is 35.3 Å². The number of hydrogen-bond acceptors (Lipinski definition) is 9. The summed E-state index contributed by atoms with van der Waals surface area (Å²) in [7, 11) is 9.76. The largest absolute Gasteiger partial charge is 3.00 e. The summed E-state index contributed by atoms with van der Waals surface area (Å²) in [6.45, 7) is 0. The van der Waals surface area contributed by atoms with Crippen LogP contribution in [0, 0.1) is 0 Å². The molecule has 3 aromatic heterocycles. The fourth-order valence-corrected chi connectivity index (χ4v) is 2.42.